The highest BCUT2D eigenvalue weighted by Crippen LogP contribution is 2.35. The number of ether oxygens (including phenoxy) is 3. The van der Waals surface area contributed by atoms with Crippen molar-refractivity contribution < 1.29 is 32.0 Å². The molecule has 2 heterocycles. The van der Waals surface area contributed by atoms with Gasteiger partial charge in [-0.3, -0.25) is 9.45 Å². The van der Waals surface area contributed by atoms with Crippen molar-refractivity contribution >= 4 is 21.9 Å². The zero-order chi connectivity index (χ0) is 15.0. The molecule has 1 N–H and O–H groups in total. The molecule has 114 valence electrons. The second-order valence-corrected chi connectivity index (χ2v) is 6.19. The van der Waals surface area contributed by atoms with E-state index in [4.69, 9.17) is 18.8 Å². The summed E-state index contributed by atoms with van der Waals surface area (Å²) in [5, 5.41) is 0. The van der Waals surface area contributed by atoms with E-state index in [0.717, 1.165) is 0 Å². The van der Waals surface area contributed by atoms with Gasteiger partial charge in [-0.05, 0) is 12.1 Å². The molecule has 1 amide bonds. The van der Waals surface area contributed by atoms with Crippen molar-refractivity contribution in [3.63, 3.8) is 0 Å². The van der Waals surface area contributed by atoms with Gasteiger partial charge in [0.15, 0.2) is 11.5 Å². The summed E-state index contributed by atoms with van der Waals surface area (Å²) in [5.41, 5.74) is 0.516. The maximum atomic E-state index is 11.8. The summed E-state index contributed by atoms with van der Waals surface area (Å²) in [6.45, 7) is 0.930. The molecule has 0 radical (unpaired) electrons. The van der Waals surface area contributed by atoms with Crippen molar-refractivity contribution in [2.45, 2.75) is 6.10 Å². The van der Waals surface area contributed by atoms with Crippen LogP contribution in [0.3, 0.4) is 0 Å². The number of cyclic esters (lactones) is 1. The molecule has 0 aromatic heterocycles. The molecule has 2 aliphatic heterocycles. The molecule has 21 heavy (non-hydrogen) atoms. The third-order valence-corrected chi connectivity index (χ3v) is 3.90. The summed E-state index contributed by atoms with van der Waals surface area (Å²) in [7, 11) is -4.20. The molecule has 9 heteroatoms. The van der Waals surface area contributed by atoms with Gasteiger partial charge in [0.25, 0.3) is 10.1 Å². The molecular weight excluding hydrogens is 302 g/mol. The van der Waals surface area contributed by atoms with E-state index in [0.29, 0.717) is 30.4 Å². The first-order valence-electron chi connectivity index (χ1n) is 6.25. The normalized spacial score (nSPS) is 21.3. The van der Waals surface area contributed by atoms with Crippen LogP contribution in [0.1, 0.15) is 0 Å². The fraction of sp³-hybridized carbons (Fsp3) is 0.417. The predicted octanol–water partition coefficient (Wildman–Crippen LogP) is 0.671. The van der Waals surface area contributed by atoms with Gasteiger partial charge in [-0.1, -0.05) is 0 Å². The highest BCUT2D eigenvalue weighted by atomic mass is 32.2. The number of hydrogen-bond donors (Lipinski definition) is 1. The van der Waals surface area contributed by atoms with Gasteiger partial charge in [-0.15, -0.1) is 0 Å². The van der Waals surface area contributed by atoms with E-state index in [9.17, 15) is 13.2 Å². The Kier molecular flexibility index (Phi) is 3.38. The summed E-state index contributed by atoms with van der Waals surface area (Å²) in [6, 6.07) is 4.96. The average Bonchev–Trinajstić information content (AvgIpc) is 2.76. The zero-order valence-electron chi connectivity index (χ0n) is 10.9. The molecule has 1 saturated heterocycles. The van der Waals surface area contributed by atoms with Crippen LogP contribution in [0.4, 0.5) is 10.5 Å². The van der Waals surface area contributed by atoms with Crippen LogP contribution in [-0.4, -0.2) is 50.7 Å². The largest absolute Gasteiger partial charge is 0.486 e. The van der Waals surface area contributed by atoms with Gasteiger partial charge < -0.3 is 14.2 Å². The number of nitrogens with zero attached hydrogens (tertiary/aromatic N) is 1. The number of rotatable bonds is 3. The highest BCUT2D eigenvalue weighted by molar-refractivity contribution is 7.85. The number of carbonyl (C=O) groups excluding carboxylic acids is 1. The van der Waals surface area contributed by atoms with Crippen LogP contribution < -0.4 is 14.4 Å². The third kappa shape index (κ3) is 3.03. The molecule has 0 saturated carbocycles. The van der Waals surface area contributed by atoms with E-state index in [1.807, 2.05) is 0 Å². The molecule has 8 nitrogen and oxygen atoms in total. The van der Waals surface area contributed by atoms with Gasteiger partial charge >= 0.3 is 6.09 Å². The Hall–Kier alpha value is -2.00. The second-order valence-electron chi connectivity index (χ2n) is 4.69. The minimum absolute atomic E-state index is 0.0399. The van der Waals surface area contributed by atoms with Gasteiger partial charge in [-0.25, -0.2) is 4.79 Å². The Morgan fingerprint density at radius 1 is 1.24 bits per heavy atom. The van der Waals surface area contributed by atoms with Gasteiger partial charge in [0.05, 0.1) is 12.2 Å². The Labute approximate surface area is 121 Å². The molecule has 1 aromatic rings. The lowest BCUT2D eigenvalue weighted by atomic mass is 10.2. The highest BCUT2D eigenvalue weighted by Gasteiger charge is 2.35. The predicted molar refractivity (Wildman–Crippen MR) is 71.5 cm³/mol. The first-order valence-corrected chi connectivity index (χ1v) is 7.86. The van der Waals surface area contributed by atoms with Crippen LogP contribution in [0, 0.1) is 0 Å². The molecule has 0 aliphatic carbocycles. The standard InChI is InChI=1S/C12H13NO7S/c14-12-13(6-9(20-12)7-21(15,16)17)8-1-2-10-11(5-8)19-4-3-18-10/h1-2,5,9H,3-4,6-7H2,(H,15,16,17)/t9-/m0/s1. The quantitative estimate of drug-likeness (QED) is 0.818. The minimum atomic E-state index is -4.20. The van der Waals surface area contributed by atoms with Gasteiger partial charge in [0, 0.05) is 6.07 Å². The molecule has 0 spiro atoms. The van der Waals surface area contributed by atoms with E-state index < -0.39 is 28.1 Å². The number of hydrogen-bond acceptors (Lipinski definition) is 6. The van der Waals surface area contributed by atoms with Crippen LogP contribution >= 0.6 is 0 Å². The molecule has 2 aliphatic rings. The summed E-state index contributed by atoms with van der Waals surface area (Å²) in [4.78, 5) is 13.1. The molecule has 0 unspecified atom stereocenters. The number of carbonyl (C=O) groups is 1. The fourth-order valence-electron chi connectivity index (χ4n) is 2.25. The van der Waals surface area contributed by atoms with Gasteiger partial charge in [-0.2, -0.15) is 8.42 Å². The fourth-order valence-corrected chi connectivity index (χ4v) is 2.90. The molecule has 1 aromatic carbocycles. The van der Waals surface area contributed by atoms with Crippen molar-refractivity contribution in [3.05, 3.63) is 18.2 Å². The van der Waals surface area contributed by atoms with Crippen molar-refractivity contribution in [3.8, 4) is 11.5 Å². The molecule has 3 rings (SSSR count). The lowest BCUT2D eigenvalue weighted by molar-refractivity contribution is 0.150. The summed E-state index contributed by atoms with van der Waals surface area (Å²) in [6.07, 6.45) is -1.57. The Bertz CT molecular complexity index is 672. The zero-order valence-corrected chi connectivity index (χ0v) is 11.7. The monoisotopic (exact) mass is 315 g/mol. The van der Waals surface area contributed by atoms with Crippen LogP contribution in [0.5, 0.6) is 11.5 Å². The van der Waals surface area contributed by atoms with Crippen molar-refractivity contribution in [2.75, 3.05) is 30.4 Å². The summed E-state index contributed by atoms with van der Waals surface area (Å²) in [5.74, 6) is 0.483. The minimum Gasteiger partial charge on any atom is -0.486 e. The molecule has 1 atom stereocenters. The molecule has 1 fully saturated rings. The van der Waals surface area contributed by atoms with E-state index in [1.165, 1.54) is 4.90 Å². The van der Waals surface area contributed by atoms with Gasteiger partial charge in [0.2, 0.25) is 0 Å². The summed E-state index contributed by atoms with van der Waals surface area (Å²) < 4.78 is 46.2. The Morgan fingerprint density at radius 2 is 1.95 bits per heavy atom. The number of amides is 1. The van der Waals surface area contributed by atoms with E-state index >= 15 is 0 Å². The smallest absolute Gasteiger partial charge is 0.414 e. The second kappa shape index (κ2) is 5.08. The van der Waals surface area contributed by atoms with Crippen molar-refractivity contribution in [2.24, 2.45) is 0 Å². The van der Waals surface area contributed by atoms with E-state index in [2.05, 4.69) is 0 Å². The first-order chi connectivity index (χ1) is 9.92. The maximum absolute atomic E-state index is 11.8. The molecule has 0 bridgehead atoms. The van der Waals surface area contributed by atoms with E-state index in [-0.39, 0.29) is 6.54 Å². The van der Waals surface area contributed by atoms with Crippen LogP contribution in [0.15, 0.2) is 18.2 Å². The number of benzene rings is 1. The van der Waals surface area contributed by atoms with Crippen LogP contribution in [0.25, 0.3) is 0 Å². The molecular formula is C12H13NO7S. The maximum Gasteiger partial charge on any atom is 0.414 e. The topological polar surface area (TPSA) is 102 Å². The van der Waals surface area contributed by atoms with Crippen LogP contribution in [0.2, 0.25) is 0 Å². The summed E-state index contributed by atoms with van der Waals surface area (Å²) >= 11 is 0. The average molecular weight is 315 g/mol. The van der Waals surface area contributed by atoms with Gasteiger partial charge in [0.1, 0.15) is 25.1 Å². The number of fused-ring (bicyclic) bond motifs is 1. The lowest BCUT2D eigenvalue weighted by Crippen LogP contribution is -2.27. The van der Waals surface area contributed by atoms with Crippen LogP contribution in [-0.2, 0) is 14.9 Å². The lowest BCUT2D eigenvalue weighted by Gasteiger charge is -2.20. The van der Waals surface area contributed by atoms with Crippen molar-refractivity contribution in [1.29, 1.82) is 0 Å². The SMILES string of the molecule is O=C1O[C@H](CS(=O)(=O)O)CN1c1ccc2c(c1)OCCO2. The Morgan fingerprint density at radius 3 is 2.67 bits per heavy atom. The Balaban J connectivity index is 1.79. The number of anilines is 1. The van der Waals surface area contributed by atoms with Crippen molar-refractivity contribution in [1.82, 2.24) is 0 Å². The van der Waals surface area contributed by atoms with E-state index in [1.54, 1.807) is 18.2 Å². The third-order valence-electron chi connectivity index (χ3n) is 3.11. The first kappa shape index (κ1) is 14.0.